The van der Waals surface area contributed by atoms with Crippen molar-refractivity contribution in [3.8, 4) is 0 Å². The third-order valence-electron chi connectivity index (χ3n) is 10.1. The standard InChI is InChI=1S/C39H66N7O17P3S.H3N/c1-4-5-6-7-8-9-10-11-12-13-14-15-16-17-18-19-30(48)67-23-22-41-29(47)20-21-42-37(51)34(50)39(2,3)25-60-66(57,58)63-65(55,56)59-24-28-33(62-64(52,53)54)32(49)38(61-28)46-27-45-31-35(40)43-26-44-36(31)46;/h8-9,11-12,26-28,32-34,38,49-50H,4-7,10,13-25H2,1-3H3,(H,41,47)(H,42,51)(H,55,56)(H,57,58)(H2,40,43,44)(H2,52,53,54);1H3/b9-8-,12-11-;/t28-,32-,33-,34+,38-;/m1./s1. The van der Waals surface area contributed by atoms with Gasteiger partial charge in [0.05, 0.1) is 19.5 Å². The quantitative estimate of drug-likeness (QED) is 0.0264. The van der Waals surface area contributed by atoms with Crippen LogP contribution in [0.4, 0.5) is 5.82 Å². The molecule has 0 spiro atoms. The Morgan fingerprint density at radius 3 is 2.24 bits per heavy atom. The second-order valence-corrected chi connectivity index (χ2v) is 21.7. The van der Waals surface area contributed by atoms with Crippen LogP contribution in [0.1, 0.15) is 110 Å². The van der Waals surface area contributed by atoms with E-state index < -0.39 is 84.6 Å². The largest absolute Gasteiger partial charge is 0.481 e. The van der Waals surface area contributed by atoms with Gasteiger partial charge in [-0.1, -0.05) is 88.9 Å². The number of phosphoric ester groups is 3. The molecule has 29 heteroatoms. The minimum Gasteiger partial charge on any atom is -0.386 e. The van der Waals surface area contributed by atoms with Crippen LogP contribution in [0.15, 0.2) is 37.0 Å². The SMILES string of the molecule is CCCCC/C=C\C/C=C\CCCCCCCC(=O)SCCNC(=O)CCNC(=O)[C@H](O)C(C)(C)COP(=O)(O)OP(=O)(O)OC[C@H]1O[C@@H](n2cnc3c(N)ncnc32)[C@H](O)[C@@H]1OP(=O)(O)O.N. The lowest BCUT2D eigenvalue weighted by atomic mass is 9.87. The number of nitrogen functional groups attached to an aromatic ring is 1. The fourth-order valence-electron chi connectivity index (χ4n) is 6.45. The van der Waals surface area contributed by atoms with Crippen molar-refractivity contribution in [2.45, 2.75) is 135 Å². The van der Waals surface area contributed by atoms with E-state index in [0.717, 1.165) is 80.4 Å². The fraction of sp³-hybridized carbons (Fsp3) is 0.692. The summed E-state index contributed by atoms with van der Waals surface area (Å²) in [6, 6.07) is 0. The van der Waals surface area contributed by atoms with E-state index in [4.69, 9.17) is 19.5 Å². The third-order valence-corrected chi connectivity index (χ3v) is 14.1. The van der Waals surface area contributed by atoms with Gasteiger partial charge in [-0.2, -0.15) is 4.31 Å². The molecule has 2 aromatic heterocycles. The third kappa shape index (κ3) is 22.4. The molecule has 1 aliphatic heterocycles. The van der Waals surface area contributed by atoms with Crippen molar-refractivity contribution in [2.75, 3.05) is 37.8 Å². The van der Waals surface area contributed by atoms with Crippen LogP contribution in [-0.4, -0.2) is 123 Å². The van der Waals surface area contributed by atoms with Crippen molar-refractivity contribution >= 4 is 69.1 Å². The number of nitrogens with one attached hydrogen (secondary N) is 2. The number of phosphoric acid groups is 3. The maximum atomic E-state index is 12.7. The van der Waals surface area contributed by atoms with Crippen molar-refractivity contribution < 1.29 is 80.5 Å². The predicted molar refractivity (Wildman–Crippen MR) is 251 cm³/mol. The monoisotopic (exact) mass is 1050 g/mol. The lowest BCUT2D eigenvalue weighted by molar-refractivity contribution is -0.137. The number of fused-ring (bicyclic) bond motifs is 1. The Kier molecular flexibility index (Phi) is 27.0. The number of carbonyl (C=O) groups excluding carboxylic acids is 3. The van der Waals surface area contributed by atoms with Gasteiger partial charge in [-0.3, -0.25) is 32.5 Å². The van der Waals surface area contributed by atoms with E-state index in [1.807, 2.05) is 0 Å². The maximum absolute atomic E-state index is 12.7. The van der Waals surface area contributed by atoms with E-state index in [0.29, 0.717) is 12.2 Å². The number of allylic oxidation sites excluding steroid dienone is 4. The normalized spacial score (nSPS) is 20.0. The molecule has 0 aliphatic carbocycles. The van der Waals surface area contributed by atoms with Gasteiger partial charge >= 0.3 is 23.5 Å². The lowest BCUT2D eigenvalue weighted by Crippen LogP contribution is -2.46. The number of amides is 2. The number of unbranched alkanes of at least 4 members (excludes halogenated alkanes) is 8. The molecule has 2 amide bonds. The molecule has 13 N–H and O–H groups in total. The van der Waals surface area contributed by atoms with Crippen LogP contribution in [0.25, 0.3) is 11.2 Å². The van der Waals surface area contributed by atoms with Gasteiger partial charge in [0, 0.05) is 37.1 Å². The highest BCUT2D eigenvalue weighted by Crippen LogP contribution is 2.61. The van der Waals surface area contributed by atoms with Crippen molar-refractivity contribution in [3.05, 3.63) is 37.0 Å². The highest BCUT2D eigenvalue weighted by atomic mass is 32.2. The van der Waals surface area contributed by atoms with Gasteiger partial charge in [-0.15, -0.1) is 0 Å². The zero-order valence-electron chi connectivity index (χ0n) is 38.6. The molecule has 2 unspecified atom stereocenters. The number of nitrogens with two attached hydrogens (primary N) is 1. The Bertz CT molecular complexity index is 2090. The number of rotatable bonds is 33. The van der Waals surface area contributed by atoms with Gasteiger partial charge in [0.1, 0.15) is 36.3 Å². The van der Waals surface area contributed by atoms with E-state index in [-0.39, 0.29) is 47.8 Å². The van der Waals surface area contributed by atoms with E-state index in [1.165, 1.54) is 33.1 Å². The number of thioether (sulfide) groups is 1. The second kappa shape index (κ2) is 30.0. The van der Waals surface area contributed by atoms with E-state index >= 15 is 0 Å². The highest BCUT2D eigenvalue weighted by molar-refractivity contribution is 8.13. The Labute approximate surface area is 399 Å². The molecule has 1 aliphatic rings. The van der Waals surface area contributed by atoms with Crippen LogP contribution >= 0.6 is 35.2 Å². The van der Waals surface area contributed by atoms with E-state index in [2.05, 4.69) is 65.6 Å². The summed E-state index contributed by atoms with van der Waals surface area (Å²) in [6.07, 6.45) is 14.6. The second-order valence-electron chi connectivity index (χ2n) is 16.3. The number of carbonyl (C=O) groups is 3. The molecular weight excluding hydrogens is 977 g/mol. The minimum atomic E-state index is -5.58. The number of nitrogens with zero attached hydrogens (tertiary/aromatic N) is 4. The van der Waals surface area contributed by atoms with Gasteiger partial charge in [0.15, 0.2) is 22.8 Å². The molecule has 0 saturated carbocycles. The Morgan fingerprint density at radius 1 is 0.912 bits per heavy atom. The highest BCUT2D eigenvalue weighted by Gasteiger charge is 2.50. The van der Waals surface area contributed by atoms with E-state index in [9.17, 15) is 57.9 Å². The molecular formula is C39H69N8O17P3S. The summed E-state index contributed by atoms with van der Waals surface area (Å²) < 4.78 is 62.4. The fourth-order valence-corrected chi connectivity index (χ4v) is 10.00. The zero-order valence-corrected chi connectivity index (χ0v) is 42.1. The number of aliphatic hydroxyl groups is 2. The Morgan fingerprint density at radius 2 is 1.56 bits per heavy atom. The van der Waals surface area contributed by atoms with Crippen molar-refractivity contribution in [1.82, 2.24) is 36.3 Å². The first-order chi connectivity index (χ1) is 31.6. The van der Waals surface area contributed by atoms with E-state index in [1.54, 1.807) is 0 Å². The summed E-state index contributed by atoms with van der Waals surface area (Å²) in [5.74, 6) is -1.04. The number of hydrogen-bond acceptors (Lipinski definition) is 19. The van der Waals surface area contributed by atoms with Gasteiger partial charge in [0.2, 0.25) is 11.8 Å². The molecule has 68 heavy (non-hydrogen) atoms. The van der Waals surface area contributed by atoms with Crippen LogP contribution in [0, 0.1) is 5.41 Å². The van der Waals surface area contributed by atoms with Crippen LogP contribution in [0.2, 0.25) is 0 Å². The van der Waals surface area contributed by atoms with Crippen LogP contribution < -0.4 is 22.5 Å². The van der Waals surface area contributed by atoms with Crippen LogP contribution in [-0.2, 0) is 50.7 Å². The molecule has 0 radical (unpaired) electrons. The average Bonchev–Trinajstić information content (AvgIpc) is 3.81. The minimum absolute atomic E-state index is 0. The Balaban J connectivity index is 0.0000159. The average molecular weight is 1050 g/mol. The lowest BCUT2D eigenvalue weighted by Gasteiger charge is -2.30. The number of hydrogen-bond donors (Lipinski definition) is 10. The number of aromatic nitrogens is 4. The first kappa shape index (κ1) is 61.1. The molecule has 0 bridgehead atoms. The summed E-state index contributed by atoms with van der Waals surface area (Å²) in [6.45, 7) is 2.76. The van der Waals surface area contributed by atoms with Gasteiger partial charge in [-0.05, 0) is 38.5 Å². The van der Waals surface area contributed by atoms with Crippen molar-refractivity contribution in [1.29, 1.82) is 0 Å². The number of aliphatic hydroxyl groups excluding tert-OH is 2. The number of anilines is 1. The van der Waals surface area contributed by atoms with Gasteiger partial charge < -0.3 is 57.0 Å². The molecule has 0 aromatic carbocycles. The molecule has 25 nitrogen and oxygen atoms in total. The summed E-state index contributed by atoms with van der Waals surface area (Å²) >= 11 is 1.14. The topological polar surface area (TPSA) is 399 Å². The van der Waals surface area contributed by atoms with Crippen LogP contribution in [0.3, 0.4) is 0 Å². The number of ether oxygens (including phenoxy) is 1. The summed E-state index contributed by atoms with van der Waals surface area (Å²) in [4.78, 5) is 88.3. The van der Waals surface area contributed by atoms with Crippen molar-refractivity contribution in [2.24, 2.45) is 5.41 Å². The molecule has 7 atom stereocenters. The van der Waals surface area contributed by atoms with Crippen molar-refractivity contribution in [3.63, 3.8) is 0 Å². The predicted octanol–water partition coefficient (Wildman–Crippen LogP) is 4.64. The number of imidazole rings is 1. The maximum Gasteiger partial charge on any atom is 0.481 e. The molecule has 1 fully saturated rings. The van der Waals surface area contributed by atoms with Gasteiger partial charge in [0.25, 0.3) is 0 Å². The molecule has 1 saturated heterocycles. The first-order valence-corrected chi connectivity index (χ1v) is 27.4. The first-order valence-electron chi connectivity index (χ1n) is 21.9. The zero-order chi connectivity index (χ0) is 49.7. The smallest absolute Gasteiger partial charge is 0.386 e. The van der Waals surface area contributed by atoms with Crippen LogP contribution in [0.5, 0.6) is 0 Å². The summed E-state index contributed by atoms with van der Waals surface area (Å²) in [5.41, 5.74) is 4.28. The Hall–Kier alpha value is -3.00. The summed E-state index contributed by atoms with van der Waals surface area (Å²) in [7, 11) is -16.4. The van der Waals surface area contributed by atoms with Gasteiger partial charge in [-0.25, -0.2) is 28.6 Å². The molecule has 388 valence electrons. The molecule has 3 rings (SSSR count). The summed E-state index contributed by atoms with van der Waals surface area (Å²) in [5, 5.41) is 26.6. The molecule has 2 aromatic rings. The molecule has 3 heterocycles.